The minimum absolute atomic E-state index is 0.869. The zero-order valence-electron chi connectivity index (χ0n) is 27.7. The van der Waals surface area contributed by atoms with Crippen molar-refractivity contribution in [3.63, 3.8) is 0 Å². The Morgan fingerprint density at radius 3 is 1.73 bits per heavy atom. The van der Waals surface area contributed by atoms with Gasteiger partial charge in [-0.2, -0.15) is 0 Å². The van der Waals surface area contributed by atoms with Crippen molar-refractivity contribution < 1.29 is 4.42 Å². The summed E-state index contributed by atoms with van der Waals surface area (Å²) in [7, 11) is 0. The third-order valence-electron chi connectivity index (χ3n) is 9.88. The lowest BCUT2D eigenvalue weighted by atomic mass is 10.0. The van der Waals surface area contributed by atoms with Crippen LogP contribution in [0.3, 0.4) is 0 Å². The molecule has 10 aromatic rings. The number of nitrogens with zero attached hydrogens (tertiary/aromatic N) is 1. The van der Waals surface area contributed by atoms with E-state index in [4.69, 9.17) is 4.42 Å². The van der Waals surface area contributed by atoms with E-state index in [1.807, 2.05) is 29.5 Å². The molecule has 0 aliphatic heterocycles. The zero-order valence-corrected chi connectivity index (χ0v) is 28.5. The Hall–Kier alpha value is -6.42. The Morgan fingerprint density at radius 2 is 0.980 bits per heavy atom. The highest BCUT2D eigenvalue weighted by Gasteiger charge is 2.16. The monoisotopic (exact) mass is 669 g/mol. The van der Waals surface area contributed by atoms with Gasteiger partial charge in [0.25, 0.3) is 0 Å². The molecule has 0 N–H and O–H groups in total. The lowest BCUT2D eigenvalue weighted by molar-refractivity contribution is 0.631. The van der Waals surface area contributed by atoms with E-state index in [0.717, 1.165) is 39.4 Å². The number of fused-ring (bicyclic) bond motifs is 5. The maximum Gasteiger partial charge on any atom is 0.135 e. The molecule has 0 saturated heterocycles. The van der Waals surface area contributed by atoms with Gasteiger partial charge in [0.2, 0.25) is 0 Å². The molecule has 0 unspecified atom stereocenters. The molecule has 3 heteroatoms. The van der Waals surface area contributed by atoms with Crippen molar-refractivity contribution in [3.05, 3.63) is 188 Å². The van der Waals surface area contributed by atoms with Crippen LogP contribution in [0.5, 0.6) is 0 Å². The molecule has 8 aromatic carbocycles. The van der Waals surface area contributed by atoms with Crippen LogP contribution in [0, 0.1) is 0 Å². The normalized spacial score (nSPS) is 11.5. The smallest absolute Gasteiger partial charge is 0.135 e. The highest BCUT2D eigenvalue weighted by molar-refractivity contribution is 7.26. The number of rotatable bonds is 6. The Kier molecular flexibility index (Phi) is 7.04. The fraction of sp³-hybridized carbons (Fsp3) is 0. The number of furan rings is 1. The summed E-state index contributed by atoms with van der Waals surface area (Å²) in [5, 5.41) is 6.24. The van der Waals surface area contributed by atoms with Crippen molar-refractivity contribution in [3.8, 4) is 33.6 Å². The number of hydrogen-bond acceptors (Lipinski definition) is 3. The first-order chi connectivity index (χ1) is 25.2. The van der Waals surface area contributed by atoms with E-state index in [2.05, 4.69) is 175 Å². The molecule has 0 aliphatic carbocycles. The third-order valence-corrected chi connectivity index (χ3v) is 11.1. The highest BCUT2D eigenvalue weighted by atomic mass is 32.1. The second-order valence-electron chi connectivity index (χ2n) is 13.0. The molecule has 51 heavy (non-hydrogen) atoms. The number of hydrogen-bond donors (Lipinski definition) is 0. The second-order valence-corrected chi connectivity index (χ2v) is 14.0. The van der Waals surface area contributed by atoms with Crippen LogP contribution >= 0.6 is 11.3 Å². The Bertz CT molecular complexity index is 2810. The van der Waals surface area contributed by atoms with E-state index in [1.54, 1.807) is 0 Å². The van der Waals surface area contributed by atoms with Gasteiger partial charge in [-0.3, -0.25) is 0 Å². The molecule has 0 saturated carbocycles. The first-order valence-corrected chi connectivity index (χ1v) is 18.1. The molecule has 0 fully saturated rings. The molecule has 0 bridgehead atoms. The topological polar surface area (TPSA) is 16.4 Å². The van der Waals surface area contributed by atoms with Crippen LogP contribution in [0.2, 0.25) is 0 Å². The fourth-order valence-corrected chi connectivity index (χ4v) is 8.52. The van der Waals surface area contributed by atoms with Gasteiger partial charge in [-0.1, -0.05) is 115 Å². The van der Waals surface area contributed by atoms with E-state index in [1.165, 1.54) is 53.2 Å². The molecule has 2 aromatic heterocycles. The number of para-hydroxylation sites is 1. The summed E-state index contributed by atoms with van der Waals surface area (Å²) in [4.78, 5) is 2.33. The predicted molar refractivity (Wildman–Crippen MR) is 218 cm³/mol. The highest BCUT2D eigenvalue weighted by Crippen LogP contribution is 2.42. The van der Waals surface area contributed by atoms with Gasteiger partial charge in [0, 0.05) is 48.2 Å². The lowest BCUT2D eigenvalue weighted by Gasteiger charge is -2.26. The Labute approximate surface area is 300 Å². The van der Waals surface area contributed by atoms with Crippen molar-refractivity contribution >= 4 is 70.3 Å². The molecular weight excluding hydrogens is 639 g/mol. The van der Waals surface area contributed by atoms with Gasteiger partial charge < -0.3 is 9.32 Å². The van der Waals surface area contributed by atoms with Gasteiger partial charge >= 0.3 is 0 Å². The van der Waals surface area contributed by atoms with Crippen molar-refractivity contribution in [1.29, 1.82) is 0 Å². The first kappa shape index (κ1) is 29.5. The lowest BCUT2D eigenvalue weighted by Crippen LogP contribution is -2.09. The van der Waals surface area contributed by atoms with Crippen molar-refractivity contribution in [2.45, 2.75) is 0 Å². The van der Waals surface area contributed by atoms with Crippen LogP contribution in [0.1, 0.15) is 0 Å². The summed E-state index contributed by atoms with van der Waals surface area (Å²) in [5.74, 6) is 0.869. The third kappa shape index (κ3) is 5.27. The molecule has 0 amide bonds. The van der Waals surface area contributed by atoms with E-state index >= 15 is 0 Å². The molecule has 10 rings (SSSR count). The Morgan fingerprint density at radius 1 is 0.392 bits per heavy atom. The van der Waals surface area contributed by atoms with E-state index in [9.17, 15) is 0 Å². The van der Waals surface area contributed by atoms with Gasteiger partial charge in [-0.25, -0.2) is 0 Å². The molecule has 0 atom stereocenters. The summed E-state index contributed by atoms with van der Waals surface area (Å²) in [5.41, 5.74) is 10.1. The molecule has 0 spiro atoms. The summed E-state index contributed by atoms with van der Waals surface area (Å²) in [6.07, 6.45) is 0. The average Bonchev–Trinajstić information content (AvgIpc) is 3.81. The molecule has 0 radical (unpaired) electrons. The maximum atomic E-state index is 6.20. The maximum absolute atomic E-state index is 6.20. The standard InChI is InChI=1S/C48H31NOS/c1-2-9-36-30-37(17-16-32(36)8-1)33-18-24-39(25-19-33)49(41-28-22-35(23-29-41)46-31-38-10-3-5-14-45(38)50-46)40-26-20-34(21-27-40)42-12-7-13-44-43-11-4-6-15-47(43)51-48(42)44/h1-31H. The first-order valence-electron chi connectivity index (χ1n) is 17.2. The minimum Gasteiger partial charge on any atom is -0.456 e. The van der Waals surface area contributed by atoms with Crippen LogP contribution < -0.4 is 4.90 Å². The quantitative estimate of drug-likeness (QED) is 0.175. The zero-order chi connectivity index (χ0) is 33.7. The number of benzene rings is 8. The summed E-state index contributed by atoms with van der Waals surface area (Å²) < 4.78 is 8.85. The van der Waals surface area contributed by atoms with Crippen molar-refractivity contribution in [1.82, 2.24) is 0 Å². The van der Waals surface area contributed by atoms with E-state index in [0.29, 0.717) is 0 Å². The van der Waals surface area contributed by atoms with Crippen LogP contribution in [-0.2, 0) is 0 Å². The van der Waals surface area contributed by atoms with Gasteiger partial charge in [0.1, 0.15) is 11.3 Å². The average molecular weight is 670 g/mol. The fourth-order valence-electron chi connectivity index (χ4n) is 7.28. The van der Waals surface area contributed by atoms with E-state index in [-0.39, 0.29) is 0 Å². The molecular formula is C48H31NOS. The van der Waals surface area contributed by atoms with Gasteiger partial charge in [0.15, 0.2) is 0 Å². The largest absolute Gasteiger partial charge is 0.456 e. The van der Waals surface area contributed by atoms with Gasteiger partial charge in [-0.15, -0.1) is 11.3 Å². The second kappa shape index (κ2) is 12.2. The SMILES string of the molecule is c1ccc2cc(-c3ccc(N(c4ccc(-c5cc6ccccc6o5)cc4)c4ccc(-c5cccc6c5sc5ccccc56)cc4)cc3)ccc2c1. The van der Waals surface area contributed by atoms with Gasteiger partial charge in [0.05, 0.1) is 0 Å². The van der Waals surface area contributed by atoms with Crippen LogP contribution in [0.15, 0.2) is 192 Å². The summed E-state index contributed by atoms with van der Waals surface area (Å²) in [6, 6.07) is 67.4. The van der Waals surface area contributed by atoms with Crippen LogP contribution in [0.25, 0.3) is 75.5 Å². The molecule has 2 heterocycles. The summed E-state index contributed by atoms with van der Waals surface area (Å²) in [6.45, 7) is 0. The minimum atomic E-state index is 0.869. The summed E-state index contributed by atoms with van der Waals surface area (Å²) >= 11 is 1.87. The Balaban J connectivity index is 1.04. The van der Waals surface area contributed by atoms with Crippen molar-refractivity contribution in [2.75, 3.05) is 4.90 Å². The molecule has 0 aliphatic rings. The van der Waals surface area contributed by atoms with Crippen molar-refractivity contribution in [2.24, 2.45) is 0 Å². The predicted octanol–water partition coefficient (Wildman–Crippen LogP) is 14.4. The molecule has 240 valence electrons. The molecule has 2 nitrogen and oxygen atoms in total. The van der Waals surface area contributed by atoms with Crippen LogP contribution in [0.4, 0.5) is 17.1 Å². The van der Waals surface area contributed by atoms with Gasteiger partial charge in [-0.05, 0) is 106 Å². The number of thiophene rings is 1. The van der Waals surface area contributed by atoms with E-state index < -0.39 is 0 Å². The number of anilines is 3. The van der Waals surface area contributed by atoms with Crippen LogP contribution in [-0.4, -0.2) is 0 Å².